The number of halogens is 1. The van der Waals surface area contributed by atoms with Gasteiger partial charge in [0.15, 0.2) is 0 Å². The van der Waals surface area contributed by atoms with Crippen molar-refractivity contribution < 1.29 is 9.21 Å². The highest BCUT2D eigenvalue weighted by Crippen LogP contribution is 2.20. The lowest BCUT2D eigenvalue weighted by atomic mass is 10.2. The number of hydrogen-bond donors (Lipinski definition) is 0. The van der Waals surface area contributed by atoms with Gasteiger partial charge in [-0.3, -0.25) is 9.69 Å². The molecule has 1 aliphatic rings. The SMILES string of the molecule is Cc1nc(Cc2nnc(SCC(=O)N3CCN(Cc4cccc(Cl)c4)CC3)o2)cs1. The minimum atomic E-state index is 0.0947. The molecule has 1 saturated heterocycles. The molecule has 0 atom stereocenters. The van der Waals surface area contributed by atoms with Crippen LogP contribution in [0.25, 0.3) is 0 Å². The lowest BCUT2D eigenvalue weighted by molar-refractivity contribution is -0.130. The molecule has 0 radical (unpaired) electrons. The zero-order valence-corrected chi connectivity index (χ0v) is 19.0. The van der Waals surface area contributed by atoms with Gasteiger partial charge in [-0.2, -0.15) is 0 Å². The maximum atomic E-state index is 12.6. The third-order valence-corrected chi connectivity index (χ3v) is 6.65. The monoisotopic (exact) mass is 463 g/mol. The summed E-state index contributed by atoms with van der Waals surface area (Å²) in [6.45, 7) is 5.95. The predicted molar refractivity (Wildman–Crippen MR) is 118 cm³/mol. The molecule has 0 aliphatic carbocycles. The van der Waals surface area contributed by atoms with Gasteiger partial charge in [0.2, 0.25) is 11.8 Å². The Hall–Kier alpha value is -1.94. The molecule has 3 aromatic rings. The molecule has 0 bridgehead atoms. The molecular weight excluding hydrogens is 442 g/mol. The summed E-state index contributed by atoms with van der Waals surface area (Å²) >= 11 is 8.94. The lowest BCUT2D eigenvalue weighted by Gasteiger charge is -2.34. The first-order valence-electron chi connectivity index (χ1n) is 9.66. The number of hydrogen-bond acceptors (Lipinski definition) is 8. The van der Waals surface area contributed by atoms with E-state index in [0.717, 1.165) is 48.4 Å². The lowest BCUT2D eigenvalue weighted by Crippen LogP contribution is -2.48. The van der Waals surface area contributed by atoms with Gasteiger partial charge in [-0.25, -0.2) is 4.98 Å². The van der Waals surface area contributed by atoms with Gasteiger partial charge in [-0.05, 0) is 24.6 Å². The van der Waals surface area contributed by atoms with Crippen LogP contribution in [0.4, 0.5) is 0 Å². The highest BCUT2D eigenvalue weighted by atomic mass is 35.5. The first-order chi connectivity index (χ1) is 14.5. The molecule has 30 heavy (non-hydrogen) atoms. The summed E-state index contributed by atoms with van der Waals surface area (Å²) in [6, 6.07) is 7.92. The van der Waals surface area contributed by atoms with Gasteiger partial charge >= 0.3 is 0 Å². The van der Waals surface area contributed by atoms with E-state index in [1.54, 1.807) is 11.3 Å². The third-order valence-electron chi connectivity index (χ3n) is 4.79. The number of nitrogens with zero attached hydrogens (tertiary/aromatic N) is 5. The summed E-state index contributed by atoms with van der Waals surface area (Å²) in [5.41, 5.74) is 2.11. The van der Waals surface area contributed by atoms with E-state index in [0.29, 0.717) is 23.3 Å². The minimum Gasteiger partial charge on any atom is -0.416 e. The summed E-state index contributed by atoms with van der Waals surface area (Å²) in [4.78, 5) is 21.2. The number of carbonyl (C=O) groups is 1. The van der Waals surface area contributed by atoms with E-state index < -0.39 is 0 Å². The number of benzene rings is 1. The summed E-state index contributed by atoms with van der Waals surface area (Å²) in [5, 5.41) is 12.3. The molecule has 0 unspecified atom stereocenters. The van der Waals surface area contributed by atoms with Crippen LogP contribution in [0.5, 0.6) is 0 Å². The van der Waals surface area contributed by atoms with Crippen LogP contribution < -0.4 is 0 Å². The molecule has 158 valence electrons. The van der Waals surface area contributed by atoms with E-state index in [2.05, 4.69) is 26.1 Å². The van der Waals surface area contributed by atoms with Crippen molar-refractivity contribution in [1.82, 2.24) is 25.0 Å². The number of thiazole rings is 1. The van der Waals surface area contributed by atoms with Crippen molar-refractivity contribution in [3.8, 4) is 0 Å². The van der Waals surface area contributed by atoms with Crippen LogP contribution >= 0.6 is 34.7 Å². The first kappa shape index (κ1) is 21.3. The van der Waals surface area contributed by atoms with Gasteiger partial charge in [-0.15, -0.1) is 21.5 Å². The van der Waals surface area contributed by atoms with Crippen LogP contribution in [0.1, 0.15) is 22.2 Å². The number of piperazine rings is 1. The molecule has 4 rings (SSSR count). The van der Waals surface area contributed by atoms with Crippen molar-refractivity contribution >= 4 is 40.6 Å². The van der Waals surface area contributed by atoms with Crippen LogP contribution in [-0.4, -0.2) is 62.8 Å². The molecule has 0 spiro atoms. The molecule has 7 nitrogen and oxygen atoms in total. The normalized spacial score (nSPS) is 14.9. The Morgan fingerprint density at radius 3 is 2.83 bits per heavy atom. The van der Waals surface area contributed by atoms with Crippen LogP contribution in [-0.2, 0) is 17.8 Å². The van der Waals surface area contributed by atoms with E-state index >= 15 is 0 Å². The number of amides is 1. The molecule has 0 N–H and O–H groups in total. The van der Waals surface area contributed by atoms with Crippen molar-refractivity contribution in [2.45, 2.75) is 25.1 Å². The van der Waals surface area contributed by atoms with Crippen LogP contribution in [0.3, 0.4) is 0 Å². The second kappa shape index (κ2) is 9.91. The molecule has 2 aromatic heterocycles. The summed E-state index contributed by atoms with van der Waals surface area (Å²) in [7, 11) is 0. The van der Waals surface area contributed by atoms with Crippen LogP contribution in [0.2, 0.25) is 5.02 Å². The Bertz CT molecular complexity index is 1000. The topological polar surface area (TPSA) is 75.4 Å². The highest BCUT2D eigenvalue weighted by Gasteiger charge is 2.22. The maximum Gasteiger partial charge on any atom is 0.277 e. The molecular formula is C20H22ClN5O2S2. The number of aryl methyl sites for hydroxylation is 1. The van der Waals surface area contributed by atoms with Crippen LogP contribution in [0.15, 0.2) is 39.3 Å². The molecule has 3 heterocycles. The fraction of sp³-hybridized carbons (Fsp3) is 0.400. The fourth-order valence-corrected chi connectivity index (χ4v) is 4.78. The number of rotatable bonds is 7. The standard InChI is InChI=1S/C20H22ClN5O2S2/c1-14-22-17(12-29-14)10-18-23-24-20(28-18)30-13-19(27)26-7-5-25(6-8-26)11-15-3-2-4-16(21)9-15/h2-4,9,12H,5-8,10-11,13H2,1H3. The Labute approximate surface area is 188 Å². The van der Waals surface area contributed by atoms with Gasteiger partial charge < -0.3 is 9.32 Å². The van der Waals surface area contributed by atoms with Gasteiger partial charge in [0.05, 0.1) is 22.9 Å². The summed E-state index contributed by atoms with van der Waals surface area (Å²) < 4.78 is 5.64. The van der Waals surface area contributed by atoms with Crippen molar-refractivity contribution in [2.24, 2.45) is 0 Å². The van der Waals surface area contributed by atoms with Crippen molar-refractivity contribution in [2.75, 3.05) is 31.9 Å². The zero-order valence-electron chi connectivity index (χ0n) is 16.6. The third kappa shape index (κ3) is 5.81. The molecule has 10 heteroatoms. The Morgan fingerprint density at radius 1 is 1.27 bits per heavy atom. The zero-order chi connectivity index (χ0) is 20.9. The predicted octanol–water partition coefficient (Wildman–Crippen LogP) is 3.52. The summed E-state index contributed by atoms with van der Waals surface area (Å²) in [5.74, 6) is 0.910. The van der Waals surface area contributed by atoms with Gasteiger partial charge in [-0.1, -0.05) is 35.5 Å². The minimum absolute atomic E-state index is 0.0947. The average molecular weight is 464 g/mol. The Balaban J connectivity index is 1.20. The number of carbonyl (C=O) groups excluding carboxylic acids is 1. The molecule has 1 amide bonds. The number of thioether (sulfide) groups is 1. The molecule has 1 fully saturated rings. The van der Waals surface area contributed by atoms with Crippen molar-refractivity contribution in [1.29, 1.82) is 0 Å². The summed E-state index contributed by atoms with van der Waals surface area (Å²) in [6.07, 6.45) is 0.514. The van der Waals surface area contributed by atoms with Crippen LogP contribution in [0, 0.1) is 6.92 Å². The van der Waals surface area contributed by atoms with E-state index in [1.807, 2.05) is 35.4 Å². The molecule has 0 saturated carbocycles. The highest BCUT2D eigenvalue weighted by molar-refractivity contribution is 7.99. The van der Waals surface area contributed by atoms with E-state index in [-0.39, 0.29) is 5.91 Å². The van der Waals surface area contributed by atoms with Gasteiger partial charge in [0.1, 0.15) is 0 Å². The second-order valence-corrected chi connectivity index (χ2v) is 9.50. The Morgan fingerprint density at radius 2 is 2.10 bits per heavy atom. The first-order valence-corrected chi connectivity index (χ1v) is 11.9. The van der Waals surface area contributed by atoms with E-state index in [9.17, 15) is 4.79 Å². The average Bonchev–Trinajstić information content (AvgIpc) is 3.35. The Kier molecular flexibility index (Phi) is 7.04. The van der Waals surface area contributed by atoms with E-state index in [1.165, 1.54) is 17.3 Å². The quantitative estimate of drug-likeness (QED) is 0.496. The molecule has 1 aromatic carbocycles. The second-order valence-electron chi connectivity index (χ2n) is 7.07. The largest absolute Gasteiger partial charge is 0.416 e. The maximum absolute atomic E-state index is 12.6. The number of aromatic nitrogens is 3. The molecule has 1 aliphatic heterocycles. The smallest absolute Gasteiger partial charge is 0.277 e. The van der Waals surface area contributed by atoms with E-state index in [4.69, 9.17) is 16.0 Å². The van der Waals surface area contributed by atoms with Crippen molar-refractivity contribution in [3.05, 3.63) is 56.8 Å². The fourth-order valence-electron chi connectivity index (χ4n) is 3.28. The van der Waals surface area contributed by atoms with Crippen molar-refractivity contribution in [3.63, 3.8) is 0 Å². The van der Waals surface area contributed by atoms with Gasteiger partial charge in [0.25, 0.3) is 5.22 Å². The van der Waals surface area contributed by atoms with Gasteiger partial charge in [0, 0.05) is 43.1 Å².